The summed E-state index contributed by atoms with van der Waals surface area (Å²) < 4.78 is 0. The fourth-order valence-corrected chi connectivity index (χ4v) is 6.27. The Labute approximate surface area is 282 Å². The summed E-state index contributed by atoms with van der Waals surface area (Å²) in [5, 5.41) is 6.04. The van der Waals surface area contributed by atoms with Gasteiger partial charge in [-0.15, -0.1) is 0 Å². The molecule has 0 unspecified atom stereocenters. The van der Waals surface area contributed by atoms with E-state index >= 15 is 0 Å². The number of pyridine rings is 2. The molecule has 0 atom stereocenters. The van der Waals surface area contributed by atoms with Crippen LogP contribution in [0, 0.1) is 0 Å². The lowest BCUT2D eigenvalue weighted by atomic mass is 10.0. The van der Waals surface area contributed by atoms with Crippen molar-refractivity contribution in [2.75, 3.05) is 39.3 Å². The SMILES string of the molecule is O=C(NCCN1CCN(C(=O)c2cc(-c3ccc(Cl)cc3)nc3ccccc23)CC1)c1cc(-c2ccc(Cl)cc2)nc2ccccc12. The number of benzene rings is 4. The van der Waals surface area contributed by atoms with Gasteiger partial charge in [0.2, 0.25) is 0 Å². The van der Waals surface area contributed by atoms with E-state index in [2.05, 4.69) is 10.2 Å². The molecule has 4 aromatic carbocycles. The number of fused-ring (bicyclic) bond motifs is 2. The lowest BCUT2D eigenvalue weighted by Crippen LogP contribution is -2.50. The van der Waals surface area contributed by atoms with E-state index in [9.17, 15) is 9.59 Å². The smallest absolute Gasteiger partial charge is 0.254 e. The Hall–Kier alpha value is -4.82. The summed E-state index contributed by atoms with van der Waals surface area (Å²) in [6.07, 6.45) is 0. The minimum absolute atomic E-state index is 0.00665. The molecule has 9 heteroatoms. The number of hydrogen-bond donors (Lipinski definition) is 1. The Morgan fingerprint density at radius 3 is 1.68 bits per heavy atom. The molecule has 1 fully saturated rings. The summed E-state index contributed by atoms with van der Waals surface area (Å²) in [6.45, 7) is 3.79. The van der Waals surface area contributed by atoms with Gasteiger partial charge in [-0.2, -0.15) is 0 Å². The van der Waals surface area contributed by atoms with Gasteiger partial charge in [0, 0.05) is 71.2 Å². The number of rotatable bonds is 7. The van der Waals surface area contributed by atoms with Crippen LogP contribution in [-0.4, -0.2) is 70.9 Å². The Balaban J connectivity index is 1.00. The van der Waals surface area contributed by atoms with E-state index in [1.807, 2.05) is 114 Å². The largest absolute Gasteiger partial charge is 0.351 e. The van der Waals surface area contributed by atoms with Crippen molar-refractivity contribution in [2.45, 2.75) is 0 Å². The van der Waals surface area contributed by atoms with Crippen LogP contribution < -0.4 is 5.32 Å². The van der Waals surface area contributed by atoms with Crippen molar-refractivity contribution in [3.63, 3.8) is 0 Å². The zero-order valence-electron chi connectivity index (χ0n) is 25.5. The number of nitrogens with one attached hydrogen (secondary N) is 1. The Morgan fingerprint density at radius 1 is 0.638 bits per heavy atom. The maximum absolute atomic E-state index is 13.9. The molecule has 1 aliphatic heterocycles. The van der Waals surface area contributed by atoms with E-state index in [0.717, 1.165) is 38.6 Å². The van der Waals surface area contributed by atoms with Gasteiger partial charge in [0.1, 0.15) is 0 Å². The molecule has 0 saturated carbocycles. The third-order valence-corrected chi connectivity index (χ3v) is 9.06. The molecule has 1 saturated heterocycles. The quantitative estimate of drug-likeness (QED) is 0.191. The van der Waals surface area contributed by atoms with Crippen LogP contribution in [0.15, 0.2) is 109 Å². The summed E-state index contributed by atoms with van der Waals surface area (Å²) in [5.74, 6) is -0.151. The molecule has 1 aliphatic rings. The molecular weight excluding hydrogens is 629 g/mol. The average molecular weight is 661 g/mol. The first-order valence-electron chi connectivity index (χ1n) is 15.5. The van der Waals surface area contributed by atoms with E-state index in [1.165, 1.54) is 0 Å². The molecule has 0 bridgehead atoms. The number of piperazine rings is 1. The molecule has 0 radical (unpaired) electrons. The standard InChI is InChI=1S/C38H31Cl2N5O2/c39-27-13-9-25(10-14-27)35-23-31(29-5-1-3-7-33(29)42-35)37(46)41-17-18-44-19-21-45(22-20-44)38(47)32-24-36(26-11-15-28(40)16-12-26)43-34-8-4-2-6-30(32)34/h1-16,23-24H,17-22H2,(H,41,46). The van der Waals surface area contributed by atoms with Gasteiger partial charge in [-0.3, -0.25) is 14.5 Å². The normalized spacial score (nSPS) is 13.6. The minimum Gasteiger partial charge on any atom is -0.351 e. The molecule has 47 heavy (non-hydrogen) atoms. The topological polar surface area (TPSA) is 78.4 Å². The lowest BCUT2D eigenvalue weighted by molar-refractivity contribution is 0.0640. The van der Waals surface area contributed by atoms with Crippen LogP contribution >= 0.6 is 23.2 Å². The lowest BCUT2D eigenvalue weighted by Gasteiger charge is -2.35. The highest BCUT2D eigenvalue weighted by atomic mass is 35.5. The summed E-state index contributed by atoms with van der Waals surface area (Å²) >= 11 is 12.2. The van der Waals surface area contributed by atoms with Crippen molar-refractivity contribution in [1.82, 2.24) is 25.1 Å². The Kier molecular flexibility index (Phi) is 8.85. The number of carbonyl (C=O) groups excluding carboxylic acids is 2. The maximum Gasteiger partial charge on any atom is 0.254 e. The third-order valence-electron chi connectivity index (χ3n) is 8.56. The second-order valence-electron chi connectivity index (χ2n) is 11.5. The van der Waals surface area contributed by atoms with Gasteiger partial charge in [-0.05, 0) is 48.5 Å². The molecule has 234 valence electrons. The first kappa shape index (κ1) is 30.8. The van der Waals surface area contributed by atoms with Crippen LogP contribution in [0.25, 0.3) is 44.3 Å². The second kappa shape index (κ2) is 13.5. The van der Waals surface area contributed by atoms with Crippen molar-refractivity contribution in [2.24, 2.45) is 0 Å². The Morgan fingerprint density at radius 2 is 1.13 bits per heavy atom. The third kappa shape index (κ3) is 6.69. The number of halogens is 2. The van der Waals surface area contributed by atoms with Gasteiger partial charge in [-0.25, -0.2) is 9.97 Å². The van der Waals surface area contributed by atoms with Crippen LogP contribution in [0.1, 0.15) is 20.7 Å². The highest BCUT2D eigenvalue weighted by Gasteiger charge is 2.24. The van der Waals surface area contributed by atoms with Gasteiger partial charge in [-0.1, -0.05) is 83.9 Å². The van der Waals surface area contributed by atoms with Crippen molar-refractivity contribution >= 4 is 56.8 Å². The molecule has 2 amide bonds. The minimum atomic E-state index is -0.145. The highest BCUT2D eigenvalue weighted by Crippen LogP contribution is 2.28. The second-order valence-corrected chi connectivity index (χ2v) is 12.4. The van der Waals surface area contributed by atoms with Crippen LogP contribution in [-0.2, 0) is 0 Å². The molecule has 3 heterocycles. The predicted octanol–water partition coefficient (Wildman–Crippen LogP) is 7.61. The molecule has 1 N–H and O–H groups in total. The predicted molar refractivity (Wildman–Crippen MR) is 189 cm³/mol. The maximum atomic E-state index is 13.9. The number of hydrogen-bond acceptors (Lipinski definition) is 5. The fraction of sp³-hybridized carbons (Fsp3) is 0.158. The molecule has 0 aliphatic carbocycles. The van der Waals surface area contributed by atoms with Crippen molar-refractivity contribution in [1.29, 1.82) is 0 Å². The average Bonchev–Trinajstić information content (AvgIpc) is 3.11. The van der Waals surface area contributed by atoms with Gasteiger partial charge in [0.05, 0.1) is 33.5 Å². The first-order chi connectivity index (χ1) is 22.9. The van der Waals surface area contributed by atoms with E-state index in [0.29, 0.717) is 66.1 Å². The van der Waals surface area contributed by atoms with E-state index < -0.39 is 0 Å². The summed E-state index contributed by atoms with van der Waals surface area (Å²) in [6, 6.07) is 34.1. The zero-order valence-corrected chi connectivity index (χ0v) is 27.0. The van der Waals surface area contributed by atoms with E-state index in [1.54, 1.807) is 0 Å². The summed E-state index contributed by atoms with van der Waals surface area (Å²) in [5.41, 5.74) is 6.01. The molecular formula is C38H31Cl2N5O2. The Bertz CT molecular complexity index is 2090. The van der Waals surface area contributed by atoms with Gasteiger partial charge >= 0.3 is 0 Å². The number of para-hydroxylation sites is 2. The number of carbonyl (C=O) groups is 2. The van der Waals surface area contributed by atoms with Crippen LogP contribution in [0.4, 0.5) is 0 Å². The van der Waals surface area contributed by atoms with E-state index in [4.69, 9.17) is 33.2 Å². The molecule has 2 aromatic heterocycles. The van der Waals surface area contributed by atoms with Crippen molar-refractivity contribution < 1.29 is 9.59 Å². The molecule has 6 aromatic rings. The van der Waals surface area contributed by atoms with E-state index in [-0.39, 0.29) is 11.8 Å². The van der Waals surface area contributed by atoms with Crippen LogP contribution in [0.3, 0.4) is 0 Å². The van der Waals surface area contributed by atoms with Gasteiger partial charge < -0.3 is 10.2 Å². The number of aromatic nitrogens is 2. The van der Waals surface area contributed by atoms with Crippen LogP contribution in [0.5, 0.6) is 0 Å². The fourth-order valence-electron chi connectivity index (χ4n) is 6.02. The summed E-state index contributed by atoms with van der Waals surface area (Å²) in [4.78, 5) is 41.1. The monoisotopic (exact) mass is 659 g/mol. The van der Waals surface area contributed by atoms with Crippen molar-refractivity contribution in [3.8, 4) is 22.5 Å². The van der Waals surface area contributed by atoms with Gasteiger partial charge in [0.25, 0.3) is 11.8 Å². The summed E-state index contributed by atoms with van der Waals surface area (Å²) in [7, 11) is 0. The van der Waals surface area contributed by atoms with Gasteiger partial charge in [0.15, 0.2) is 0 Å². The van der Waals surface area contributed by atoms with Crippen LogP contribution in [0.2, 0.25) is 10.0 Å². The molecule has 7 rings (SSSR count). The first-order valence-corrected chi connectivity index (χ1v) is 16.3. The zero-order chi connectivity index (χ0) is 32.3. The highest BCUT2D eigenvalue weighted by molar-refractivity contribution is 6.31. The molecule has 7 nitrogen and oxygen atoms in total. The number of nitrogens with zero attached hydrogens (tertiary/aromatic N) is 4. The molecule has 0 spiro atoms. The number of amides is 2. The van der Waals surface area contributed by atoms with Crippen molar-refractivity contribution in [3.05, 3.63) is 130 Å².